The van der Waals surface area contributed by atoms with Crippen molar-refractivity contribution in [1.29, 1.82) is 0 Å². The highest BCUT2D eigenvalue weighted by atomic mass is 35.5. The molecule has 174 valence electrons. The molecular weight excluding hydrogens is 492 g/mol. The van der Waals surface area contributed by atoms with Gasteiger partial charge >= 0.3 is 0 Å². The van der Waals surface area contributed by atoms with E-state index < -0.39 is 0 Å². The molecule has 0 spiro atoms. The molecule has 1 fully saturated rings. The number of hydrogen-bond donors (Lipinski definition) is 1. The highest BCUT2D eigenvalue weighted by Gasteiger charge is 2.34. The standard InChI is InChI=1S/C23H21ClN6O2S2/c1-29-20(17-10-6-12-30(17)21(32)14-7-2-3-8-15(14)24)27-28-23(29)33-13-19(31)26-22-25-16-9-4-5-11-18(16)34-22/h2-5,7-9,11,17H,6,10,12-13H2,1H3,(H,25,26,31). The number of benzene rings is 2. The Morgan fingerprint density at radius 1 is 1.18 bits per heavy atom. The zero-order chi connectivity index (χ0) is 23.7. The molecule has 4 aromatic rings. The van der Waals surface area contributed by atoms with Gasteiger partial charge < -0.3 is 14.8 Å². The van der Waals surface area contributed by atoms with Gasteiger partial charge in [0.15, 0.2) is 16.1 Å². The Labute approximate surface area is 209 Å². The molecule has 1 aliphatic rings. The molecule has 11 heteroatoms. The van der Waals surface area contributed by atoms with E-state index in [-0.39, 0.29) is 23.6 Å². The van der Waals surface area contributed by atoms with Gasteiger partial charge in [-0.2, -0.15) is 0 Å². The van der Waals surface area contributed by atoms with Gasteiger partial charge in [-0.15, -0.1) is 10.2 Å². The number of hydrogen-bond acceptors (Lipinski definition) is 7. The summed E-state index contributed by atoms with van der Waals surface area (Å²) >= 11 is 8.99. The van der Waals surface area contributed by atoms with Crippen molar-refractivity contribution in [3.05, 3.63) is 64.9 Å². The summed E-state index contributed by atoms with van der Waals surface area (Å²) in [4.78, 5) is 31.9. The molecular formula is C23H21ClN6O2S2. The SMILES string of the molecule is Cn1c(SCC(=O)Nc2nc3ccccc3s2)nnc1C1CCCN1C(=O)c1ccccc1Cl. The summed E-state index contributed by atoms with van der Waals surface area (Å²) in [5.74, 6) is 0.604. The molecule has 1 unspecified atom stereocenters. The van der Waals surface area contributed by atoms with Crippen molar-refractivity contribution in [2.45, 2.75) is 24.0 Å². The molecule has 3 heterocycles. The van der Waals surface area contributed by atoms with E-state index in [0.29, 0.717) is 33.2 Å². The molecule has 0 aliphatic carbocycles. The third-order valence-electron chi connectivity index (χ3n) is 5.66. The van der Waals surface area contributed by atoms with Gasteiger partial charge in [0.2, 0.25) is 5.91 Å². The molecule has 34 heavy (non-hydrogen) atoms. The van der Waals surface area contributed by atoms with Crippen LogP contribution in [0.5, 0.6) is 0 Å². The lowest BCUT2D eigenvalue weighted by Crippen LogP contribution is -2.32. The number of para-hydroxylation sites is 1. The van der Waals surface area contributed by atoms with Crippen molar-refractivity contribution in [2.24, 2.45) is 7.05 Å². The Kier molecular flexibility index (Phi) is 6.53. The molecule has 5 rings (SSSR count). The lowest BCUT2D eigenvalue weighted by Gasteiger charge is -2.24. The van der Waals surface area contributed by atoms with Crippen molar-refractivity contribution >= 4 is 61.9 Å². The Bertz CT molecular complexity index is 1340. The molecule has 0 saturated carbocycles. The van der Waals surface area contributed by atoms with E-state index in [1.54, 1.807) is 29.2 Å². The summed E-state index contributed by atoms with van der Waals surface area (Å²) in [5, 5.41) is 13.1. The molecule has 2 amide bonds. The van der Waals surface area contributed by atoms with E-state index >= 15 is 0 Å². The Hall–Kier alpha value is -2.95. The van der Waals surface area contributed by atoms with Gasteiger partial charge in [-0.1, -0.05) is 59.0 Å². The zero-order valence-electron chi connectivity index (χ0n) is 18.3. The quantitative estimate of drug-likeness (QED) is 0.373. The molecule has 1 atom stereocenters. The second-order valence-corrected chi connectivity index (χ2v) is 10.2. The first-order valence-corrected chi connectivity index (χ1v) is 12.9. The van der Waals surface area contributed by atoms with Crippen LogP contribution < -0.4 is 5.32 Å². The number of likely N-dealkylation sites (tertiary alicyclic amines) is 1. The fourth-order valence-corrected chi connectivity index (χ4v) is 5.84. The third kappa shape index (κ3) is 4.53. The number of fused-ring (bicyclic) bond motifs is 1. The van der Waals surface area contributed by atoms with Crippen LogP contribution in [0.1, 0.15) is 35.1 Å². The Morgan fingerprint density at radius 2 is 1.97 bits per heavy atom. The van der Waals surface area contributed by atoms with Crippen molar-refractivity contribution in [1.82, 2.24) is 24.6 Å². The zero-order valence-corrected chi connectivity index (χ0v) is 20.7. The first-order valence-electron chi connectivity index (χ1n) is 10.7. The van der Waals surface area contributed by atoms with Crippen molar-refractivity contribution in [3.8, 4) is 0 Å². The number of nitrogens with one attached hydrogen (secondary N) is 1. The van der Waals surface area contributed by atoms with Crippen molar-refractivity contribution in [2.75, 3.05) is 17.6 Å². The molecule has 2 aromatic heterocycles. The Morgan fingerprint density at radius 3 is 2.79 bits per heavy atom. The molecule has 0 bridgehead atoms. The number of halogens is 1. The normalized spacial score (nSPS) is 15.7. The number of rotatable bonds is 6. The van der Waals surface area contributed by atoms with Crippen LogP contribution in [0.3, 0.4) is 0 Å². The van der Waals surface area contributed by atoms with Crippen LogP contribution in [-0.4, -0.2) is 48.8 Å². The minimum absolute atomic E-state index is 0.111. The molecule has 1 saturated heterocycles. The number of aromatic nitrogens is 4. The van der Waals surface area contributed by atoms with Crippen LogP contribution in [0.2, 0.25) is 5.02 Å². The predicted molar refractivity (Wildman–Crippen MR) is 134 cm³/mol. The van der Waals surface area contributed by atoms with Crippen LogP contribution in [-0.2, 0) is 11.8 Å². The van der Waals surface area contributed by atoms with Gasteiger partial charge in [-0.3, -0.25) is 9.59 Å². The average molecular weight is 513 g/mol. The third-order valence-corrected chi connectivity index (χ3v) is 7.96. The fourth-order valence-electron chi connectivity index (χ4n) is 4.02. The number of carbonyl (C=O) groups is 2. The van der Waals surface area contributed by atoms with Gasteiger partial charge in [0.05, 0.1) is 32.6 Å². The van der Waals surface area contributed by atoms with Crippen molar-refractivity contribution < 1.29 is 9.59 Å². The number of thiazole rings is 1. The van der Waals surface area contributed by atoms with Crippen LogP contribution >= 0.6 is 34.7 Å². The van der Waals surface area contributed by atoms with E-state index in [0.717, 1.165) is 23.1 Å². The van der Waals surface area contributed by atoms with E-state index in [1.807, 2.05) is 35.9 Å². The largest absolute Gasteiger partial charge is 0.328 e. The van der Waals surface area contributed by atoms with Gasteiger partial charge in [0.1, 0.15) is 0 Å². The highest BCUT2D eigenvalue weighted by Crippen LogP contribution is 2.34. The van der Waals surface area contributed by atoms with Gasteiger partial charge in [-0.25, -0.2) is 4.98 Å². The van der Waals surface area contributed by atoms with Crippen LogP contribution in [0.15, 0.2) is 53.7 Å². The molecule has 2 aromatic carbocycles. The smallest absolute Gasteiger partial charge is 0.255 e. The van der Waals surface area contributed by atoms with Crippen LogP contribution in [0.25, 0.3) is 10.2 Å². The minimum Gasteiger partial charge on any atom is -0.328 e. The summed E-state index contributed by atoms with van der Waals surface area (Å²) in [6, 6.07) is 14.6. The summed E-state index contributed by atoms with van der Waals surface area (Å²) in [5.41, 5.74) is 1.35. The van der Waals surface area contributed by atoms with Crippen LogP contribution in [0, 0.1) is 0 Å². The van der Waals surface area contributed by atoms with E-state index in [9.17, 15) is 9.59 Å². The van der Waals surface area contributed by atoms with E-state index in [2.05, 4.69) is 20.5 Å². The van der Waals surface area contributed by atoms with Crippen molar-refractivity contribution in [3.63, 3.8) is 0 Å². The maximum Gasteiger partial charge on any atom is 0.255 e. The summed E-state index contributed by atoms with van der Waals surface area (Å²) in [7, 11) is 1.86. The number of thioether (sulfide) groups is 1. The number of nitrogens with zero attached hydrogens (tertiary/aromatic N) is 5. The Balaban J connectivity index is 1.25. The number of carbonyl (C=O) groups excluding carboxylic acids is 2. The maximum absolute atomic E-state index is 13.1. The maximum atomic E-state index is 13.1. The van der Waals surface area contributed by atoms with E-state index in [4.69, 9.17) is 11.6 Å². The molecule has 8 nitrogen and oxygen atoms in total. The topological polar surface area (TPSA) is 93.0 Å². The molecule has 1 N–H and O–H groups in total. The first-order chi connectivity index (χ1) is 16.5. The van der Waals surface area contributed by atoms with Crippen LogP contribution in [0.4, 0.5) is 5.13 Å². The summed E-state index contributed by atoms with van der Waals surface area (Å²) in [6.07, 6.45) is 1.67. The number of anilines is 1. The highest BCUT2D eigenvalue weighted by molar-refractivity contribution is 7.99. The predicted octanol–water partition coefficient (Wildman–Crippen LogP) is 4.79. The second-order valence-electron chi connectivity index (χ2n) is 7.86. The molecule has 1 aliphatic heterocycles. The summed E-state index contributed by atoms with van der Waals surface area (Å²) < 4.78 is 2.88. The summed E-state index contributed by atoms with van der Waals surface area (Å²) in [6.45, 7) is 0.634. The molecule has 0 radical (unpaired) electrons. The first kappa shape index (κ1) is 22.8. The number of amides is 2. The lowest BCUT2D eigenvalue weighted by atomic mass is 10.1. The van der Waals surface area contributed by atoms with Gasteiger partial charge in [0.25, 0.3) is 5.91 Å². The monoisotopic (exact) mass is 512 g/mol. The van der Waals surface area contributed by atoms with Gasteiger partial charge in [0, 0.05) is 13.6 Å². The fraction of sp³-hybridized carbons (Fsp3) is 0.261. The second kappa shape index (κ2) is 9.73. The minimum atomic E-state index is -0.188. The lowest BCUT2D eigenvalue weighted by molar-refractivity contribution is -0.113. The van der Waals surface area contributed by atoms with Gasteiger partial charge in [-0.05, 0) is 37.1 Å². The van der Waals surface area contributed by atoms with E-state index in [1.165, 1.54) is 23.1 Å². The average Bonchev–Trinajstić information content (AvgIpc) is 3.55.